The lowest BCUT2D eigenvalue weighted by molar-refractivity contribution is -0.385. The van der Waals surface area contributed by atoms with E-state index in [1.807, 2.05) is 30.3 Å². The summed E-state index contributed by atoms with van der Waals surface area (Å²) >= 11 is 1.43. The number of pyridine rings is 1. The molecular formula is C21H14N4O4S. The number of carbonyl (C=O) groups is 1. The lowest BCUT2D eigenvalue weighted by atomic mass is 10.2. The van der Waals surface area contributed by atoms with Gasteiger partial charge in [-0.05, 0) is 42.1 Å². The largest absolute Gasteiger partial charge is 0.448 e. The van der Waals surface area contributed by atoms with E-state index in [9.17, 15) is 14.9 Å². The van der Waals surface area contributed by atoms with Crippen LogP contribution in [0.1, 0.15) is 16.1 Å². The number of furan rings is 1. The molecule has 148 valence electrons. The van der Waals surface area contributed by atoms with Crippen molar-refractivity contribution in [1.82, 2.24) is 10.4 Å². The van der Waals surface area contributed by atoms with Crippen molar-refractivity contribution in [2.24, 2.45) is 5.10 Å². The van der Waals surface area contributed by atoms with Crippen LogP contribution in [0, 0.1) is 10.1 Å². The number of fused-ring (bicyclic) bond motifs is 1. The molecule has 0 saturated carbocycles. The van der Waals surface area contributed by atoms with Crippen molar-refractivity contribution in [1.29, 1.82) is 0 Å². The Kier molecular flexibility index (Phi) is 5.53. The van der Waals surface area contributed by atoms with E-state index in [-0.39, 0.29) is 11.3 Å². The first kappa shape index (κ1) is 19.3. The van der Waals surface area contributed by atoms with Crippen LogP contribution in [0.2, 0.25) is 0 Å². The quantitative estimate of drug-likeness (QED) is 0.277. The number of hydrogen-bond acceptors (Lipinski definition) is 7. The second kappa shape index (κ2) is 8.58. The van der Waals surface area contributed by atoms with Crippen LogP contribution in [-0.4, -0.2) is 22.0 Å². The Balaban J connectivity index is 1.44. The zero-order valence-corrected chi connectivity index (χ0v) is 16.2. The van der Waals surface area contributed by atoms with Crippen LogP contribution in [0.3, 0.4) is 0 Å². The Hall–Kier alpha value is -3.98. The van der Waals surface area contributed by atoms with E-state index in [1.54, 1.807) is 24.4 Å². The van der Waals surface area contributed by atoms with Gasteiger partial charge in [0.05, 0.1) is 16.7 Å². The highest BCUT2D eigenvalue weighted by Gasteiger charge is 2.18. The minimum Gasteiger partial charge on any atom is -0.448 e. The monoisotopic (exact) mass is 418 g/mol. The topological polar surface area (TPSA) is 111 Å². The number of carbonyl (C=O) groups excluding carboxylic acids is 1. The molecule has 0 radical (unpaired) electrons. The fourth-order valence-electron chi connectivity index (χ4n) is 2.77. The molecule has 0 unspecified atom stereocenters. The smallest absolute Gasteiger partial charge is 0.282 e. The molecule has 0 spiro atoms. The summed E-state index contributed by atoms with van der Waals surface area (Å²) in [6.45, 7) is 0. The summed E-state index contributed by atoms with van der Waals surface area (Å²) in [7, 11) is 0. The van der Waals surface area contributed by atoms with Crippen molar-refractivity contribution in [3.8, 4) is 0 Å². The predicted octanol–water partition coefficient (Wildman–Crippen LogP) is 4.65. The molecule has 1 N–H and O–H groups in total. The maximum atomic E-state index is 12.2. The number of nitrogens with zero attached hydrogens (tertiary/aromatic N) is 3. The molecule has 4 aromatic rings. The van der Waals surface area contributed by atoms with E-state index < -0.39 is 10.8 Å². The SMILES string of the molecule is O=C(NN=Cc1ccc(Sc2cccc3cccnc23)o1)c1ccccc1[N+](=O)[O-]. The van der Waals surface area contributed by atoms with Gasteiger partial charge < -0.3 is 4.42 Å². The molecule has 9 heteroatoms. The first-order chi connectivity index (χ1) is 14.6. The van der Waals surface area contributed by atoms with Crippen LogP contribution in [0.15, 0.2) is 92.4 Å². The fraction of sp³-hybridized carbons (Fsp3) is 0. The number of nitro groups is 1. The van der Waals surface area contributed by atoms with Gasteiger partial charge in [-0.3, -0.25) is 19.9 Å². The minimum absolute atomic E-state index is 0.0706. The molecule has 0 atom stereocenters. The van der Waals surface area contributed by atoms with E-state index in [4.69, 9.17) is 4.42 Å². The van der Waals surface area contributed by atoms with Crippen molar-refractivity contribution in [3.63, 3.8) is 0 Å². The number of rotatable bonds is 6. The zero-order chi connectivity index (χ0) is 20.9. The highest BCUT2D eigenvalue weighted by Crippen LogP contribution is 2.33. The molecule has 1 amide bonds. The highest BCUT2D eigenvalue weighted by atomic mass is 32.2. The molecule has 0 aliphatic carbocycles. The van der Waals surface area contributed by atoms with Gasteiger partial charge in [0, 0.05) is 22.5 Å². The number of para-hydroxylation sites is 2. The number of nitro benzene ring substituents is 1. The van der Waals surface area contributed by atoms with E-state index in [0.29, 0.717) is 10.9 Å². The van der Waals surface area contributed by atoms with Crippen LogP contribution in [0.25, 0.3) is 10.9 Å². The minimum atomic E-state index is -0.679. The van der Waals surface area contributed by atoms with Crippen LogP contribution < -0.4 is 5.43 Å². The van der Waals surface area contributed by atoms with Crippen molar-refractivity contribution in [2.45, 2.75) is 9.99 Å². The summed E-state index contributed by atoms with van der Waals surface area (Å²) in [6, 6.07) is 18.9. The Labute approximate surface area is 174 Å². The lowest BCUT2D eigenvalue weighted by Crippen LogP contribution is -2.18. The number of amides is 1. The molecule has 4 rings (SSSR count). The van der Waals surface area contributed by atoms with Gasteiger partial charge in [0.2, 0.25) is 0 Å². The summed E-state index contributed by atoms with van der Waals surface area (Å²) in [5.41, 5.74) is 2.80. The van der Waals surface area contributed by atoms with E-state index in [0.717, 1.165) is 15.8 Å². The van der Waals surface area contributed by atoms with Gasteiger partial charge in [-0.1, -0.05) is 30.3 Å². The molecule has 8 nitrogen and oxygen atoms in total. The van der Waals surface area contributed by atoms with Crippen LogP contribution in [0.4, 0.5) is 5.69 Å². The first-order valence-corrected chi connectivity index (χ1v) is 9.62. The van der Waals surface area contributed by atoms with Crippen LogP contribution in [-0.2, 0) is 0 Å². The predicted molar refractivity (Wildman–Crippen MR) is 113 cm³/mol. The molecule has 30 heavy (non-hydrogen) atoms. The Bertz CT molecular complexity index is 1260. The normalized spacial score (nSPS) is 11.1. The molecule has 2 heterocycles. The Morgan fingerprint density at radius 3 is 2.80 bits per heavy atom. The molecule has 0 bridgehead atoms. The van der Waals surface area contributed by atoms with Gasteiger partial charge in [-0.15, -0.1) is 0 Å². The molecule has 2 aromatic carbocycles. The Morgan fingerprint density at radius 2 is 1.93 bits per heavy atom. The second-order valence-corrected chi connectivity index (χ2v) is 7.11. The zero-order valence-electron chi connectivity index (χ0n) is 15.4. The number of aromatic nitrogens is 1. The van der Waals surface area contributed by atoms with Crippen molar-refractivity contribution in [2.75, 3.05) is 0 Å². The molecule has 0 aliphatic heterocycles. The van der Waals surface area contributed by atoms with Gasteiger partial charge in [-0.2, -0.15) is 5.10 Å². The van der Waals surface area contributed by atoms with Crippen molar-refractivity contribution < 1.29 is 14.1 Å². The molecule has 0 fully saturated rings. The number of nitrogens with one attached hydrogen (secondary N) is 1. The average Bonchev–Trinajstić information content (AvgIpc) is 3.21. The number of benzene rings is 2. The van der Waals surface area contributed by atoms with Crippen molar-refractivity contribution in [3.05, 3.63) is 94.4 Å². The fourth-order valence-corrected chi connectivity index (χ4v) is 3.67. The maximum Gasteiger partial charge on any atom is 0.282 e. The van der Waals surface area contributed by atoms with E-state index >= 15 is 0 Å². The average molecular weight is 418 g/mol. The van der Waals surface area contributed by atoms with Gasteiger partial charge in [0.1, 0.15) is 11.3 Å². The van der Waals surface area contributed by atoms with Gasteiger partial charge >= 0.3 is 0 Å². The number of hydrazone groups is 1. The van der Waals surface area contributed by atoms with E-state index in [2.05, 4.69) is 15.5 Å². The van der Waals surface area contributed by atoms with Gasteiger partial charge in [-0.25, -0.2) is 5.43 Å². The molecular weight excluding hydrogens is 404 g/mol. The summed E-state index contributed by atoms with van der Waals surface area (Å²) in [5.74, 6) is -0.255. The molecule has 0 aliphatic rings. The van der Waals surface area contributed by atoms with Crippen LogP contribution >= 0.6 is 11.8 Å². The third kappa shape index (κ3) is 4.20. The standard InChI is InChI=1S/C21H14N4O4S/c26-21(16-7-1-2-8-17(16)25(27)28)24-23-13-15-10-11-19(29-15)30-18-9-3-5-14-6-4-12-22-20(14)18/h1-13H,(H,24,26). The van der Waals surface area contributed by atoms with Crippen LogP contribution in [0.5, 0.6) is 0 Å². The summed E-state index contributed by atoms with van der Waals surface area (Å²) in [4.78, 5) is 27.9. The highest BCUT2D eigenvalue weighted by molar-refractivity contribution is 7.99. The first-order valence-electron chi connectivity index (χ1n) is 8.80. The van der Waals surface area contributed by atoms with Crippen molar-refractivity contribution >= 4 is 40.5 Å². The second-order valence-electron chi connectivity index (χ2n) is 6.06. The third-order valence-electron chi connectivity index (χ3n) is 4.11. The lowest BCUT2D eigenvalue weighted by Gasteiger charge is -2.02. The third-order valence-corrected chi connectivity index (χ3v) is 5.08. The number of hydrogen-bond donors (Lipinski definition) is 1. The summed E-state index contributed by atoms with van der Waals surface area (Å²) < 4.78 is 5.71. The summed E-state index contributed by atoms with van der Waals surface area (Å²) in [6.07, 6.45) is 3.07. The summed E-state index contributed by atoms with van der Waals surface area (Å²) in [5, 5.41) is 16.5. The van der Waals surface area contributed by atoms with Gasteiger partial charge in [0.25, 0.3) is 11.6 Å². The Morgan fingerprint density at radius 1 is 1.10 bits per heavy atom. The molecule has 2 aromatic heterocycles. The molecule has 0 saturated heterocycles. The van der Waals surface area contributed by atoms with Gasteiger partial charge in [0.15, 0.2) is 5.09 Å². The van der Waals surface area contributed by atoms with E-state index in [1.165, 1.54) is 36.2 Å². The maximum absolute atomic E-state index is 12.2.